The number of anilines is 1. The predicted molar refractivity (Wildman–Crippen MR) is 86.9 cm³/mol. The number of ether oxygens (including phenoxy) is 1. The second kappa shape index (κ2) is 6.61. The maximum Gasteiger partial charge on any atom is 0.285 e. The van der Waals surface area contributed by atoms with Crippen molar-refractivity contribution < 1.29 is 13.2 Å². The Balaban J connectivity index is 2.25. The molecule has 8 nitrogen and oxygen atoms in total. The molecular formula is C14H17N5O3S. The van der Waals surface area contributed by atoms with Crippen molar-refractivity contribution in [2.75, 3.05) is 12.4 Å². The minimum atomic E-state index is -3.91. The standard InChI is InChI=1S/C14H17N5O3S/c1-9-4-6-11(7-5-9)23(20,21)19-13(15)18-14-16-10(2)8-12(17-14)22-3/h4-8H,1-3H3,(H3,15,16,17,18,19). The first kappa shape index (κ1) is 16.7. The maximum absolute atomic E-state index is 12.2. The summed E-state index contributed by atoms with van der Waals surface area (Å²) in [6.07, 6.45) is 0. The van der Waals surface area contributed by atoms with Gasteiger partial charge in [-0.15, -0.1) is 4.40 Å². The number of aryl methyl sites for hydroxylation is 2. The van der Waals surface area contributed by atoms with Gasteiger partial charge < -0.3 is 10.5 Å². The third-order valence-corrected chi connectivity index (χ3v) is 4.12. The molecule has 1 aromatic carbocycles. The Morgan fingerprint density at radius 2 is 1.87 bits per heavy atom. The van der Waals surface area contributed by atoms with Crippen LogP contribution < -0.4 is 15.8 Å². The first-order valence-corrected chi connectivity index (χ1v) is 8.08. The largest absolute Gasteiger partial charge is 0.481 e. The number of hydrogen-bond donors (Lipinski definition) is 2. The summed E-state index contributed by atoms with van der Waals surface area (Å²) in [6.45, 7) is 3.60. The van der Waals surface area contributed by atoms with Crippen molar-refractivity contribution in [3.8, 4) is 5.88 Å². The Morgan fingerprint density at radius 3 is 2.48 bits per heavy atom. The SMILES string of the molecule is COc1cc(C)nc(N/C(N)=N/S(=O)(=O)c2ccc(C)cc2)n1. The van der Waals surface area contributed by atoms with Crippen LogP contribution in [0, 0.1) is 13.8 Å². The van der Waals surface area contributed by atoms with Crippen LogP contribution in [0.2, 0.25) is 0 Å². The van der Waals surface area contributed by atoms with Gasteiger partial charge in [-0.1, -0.05) is 17.7 Å². The van der Waals surface area contributed by atoms with Gasteiger partial charge in [0, 0.05) is 11.8 Å². The molecule has 9 heteroatoms. The zero-order valence-corrected chi connectivity index (χ0v) is 13.8. The second-order valence-electron chi connectivity index (χ2n) is 4.76. The van der Waals surface area contributed by atoms with E-state index in [4.69, 9.17) is 10.5 Å². The maximum atomic E-state index is 12.2. The zero-order valence-electron chi connectivity index (χ0n) is 12.9. The van der Waals surface area contributed by atoms with E-state index in [1.807, 2.05) is 6.92 Å². The number of guanidine groups is 1. The number of aromatic nitrogens is 2. The lowest BCUT2D eigenvalue weighted by atomic mass is 10.2. The summed E-state index contributed by atoms with van der Waals surface area (Å²) in [5.74, 6) is 0.0922. The van der Waals surface area contributed by atoms with E-state index in [0.29, 0.717) is 11.6 Å². The van der Waals surface area contributed by atoms with Crippen LogP contribution in [0.4, 0.5) is 5.95 Å². The lowest BCUT2D eigenvalue weighted by Crippen LogP contribution is -2.25. The number of hydrogen-bond acceptors (Lipinski definition) is 5. The molecule has 0 saturated heterocycles. The molecule has 0 atom stereocenters. The Kier molecular flexibility index (Phi) is 4.80. The fourth-order valence-electron chi connectivity index (χ4n) is 1.73. The van der Waals surface area contributed by atoms with E-state index in [1.165, 1.54) is 19.2 Å². The minimum Gasteiger partial charge on any atom is -0.481 e. The zero-order chi connectivity index (χ0) is 17.0. The summed E-state index contributed by atoms with van der Waals surface area (Å²) < 4.78 is 32.9. The molecule has 0 amide bonds. The molecule has 0 aliphatic rings. The molecule has 0 aliphatic heterocycles. The summed E-state index contributed by atoms with van der Waals surface area (Å²) in [7, 11) is -2.45. The number of sulfonamides is 1. The van der Waals surface area contributed by atoms with Crippen LogP contribution in [-0.4, -0.2) is 31.5 Å². The highest BCUT2D eigenvalue weighted by Crippen LogP contribution is 2.14. The van der Waals surface area contributed by atoms with E-state index >= 15 is 0 Å². The molecule has 0 aliphatic carbocycles. The van der Waals surface area contributed by atoms with Crippen LogP contribution in [0.15, 0.2) is 39.6 Å². The molecule has 122 valence electrons. The van der Waals surface area contributed by atoms with Crippen molar-refractivity contribution >= 4 is 21.9 Å². The molecule has 0 spiro atoms. The van der Waals surface area contributed by atoms with E-state index in [1.54, 1.807) is 25.1 Å². The summed E-state index contributed by atoms with van der Waals surface area (Å²) in [4.78, 5) is 8.14. The number of nitrogens with two attached hydrogens (primary N) is 1. The van der Waals surface area contributed by atoms with Gasteiger partial charge in [0.15, 0.2) is 0 Å². The molecule has 0 saturated carbocycles. The topological polar surface area (TPSA) is 120 Å². The number of nitrogens with zero attached hydrogens (tertiary/aromatic N) is 3. The molecule has 2 aromatic rings. The Hall–Kier alpha value is -2.68. The van der Waals surface area contributed by atoms with Crippen molar-refractivity contribution in [2.45, 2.75) is 18.7 Å². The first-order valence-electron chi connectivity index (χ1n) is 6.64. The summed E-state index contributed by atoms with van der Waals surface area (Å²) in [5, 5.41) is 2.54. The van der Waals surface area contributed by atoms with Gasteiger partial charge in [0.2, 0.25) is 17.8 Å². The van der Waals surface area contributed by atoms with Gasteiger partial charge in [0.1, 0.15) is 0 Å². The number of nitrogens with one attached hydrogen (secondary N) is 1. The first-order chi connectivity index (χ1) is 10.8. The van der Waals surface area contributed by atoms with Crippen LogP contribution in [0.1, 0.15) is 11.3 Å². The van der Waals surface area contributed by atoms with Gasteiger partial charge in [0.05, 0.1) is 12.0 Å². The van der Waals surface area contributed by atoms with Gasteiger partial charge >= 0.3 is 0 Å². The summed E-state index contributed by atoms with van der Waals surface area (Å²) >= 11 is 0. The molecule has 0 unspecified atom stereocenters. The Morgan fingerprint density at radius 1 is 1.22 bits per heavy atom. The highest BCUT2D eigenvalue weighted by Gasteiger charge is 2.14. The average molecular weight is 335 g/mol. The van der Waals surface area contributed by atoms with Gasteiger partial charge in [-0.25, -0.2) is 4.98 Å². The number of methoxy groups -OCH3 is 1. The molecule has 0 bridgehead atoms. The third-order valence-electron chi connectivity index (χ3n) is 2.82. The van der Waals surface area contributed by atoms with Crippen molar-refractivity contribution in [2.24, 2.45) is 10.1 Å². The molecule has 1 aromatic heterocycles. The van der Waals surface area contributed by atoms with E-state index in [0.717, 1.165) is 5.56 Å². The fraction of sp³-hybridized carbons (Fsp3) is 0.214. The summed E-state index contributed by atoms with van der Waals surface area (Å²) in [5.41, 5.74) is 7.22. The molecule has 2 rings (SSSR count). The van der Waals surface area contributed by atoms with Crippen LogP contribution in [0.25, 0.3) is 0 Å². The van der Waals surface area contributed by atoms with Crippen LogP contribution >= 0.6 is 0 Å². The normalized spacial score (nSPS) is 12.0. The third kappa shape index (κ3) is 4.39. The fourth-order valence-corrected chi connectivity index (χ4v) is 2.62. The van der Waals surface area contributed by atoms with E-state index in [9.17, 15) is 8.42 Å². The Bertz CT molecular complexity index is 832. The van der Waals surface area contributed by atoms with E-state index < -0.39 is 10.0 Å². The number of benzene rings is 1. The molecule has 23 heavy (non-hydrogen) atoms. The lowest BCUT2D eigenvalue weighted by Gasteiger charge is -2.07. The lowest BCUT2D eigenvalue weighted by molar-refractivity contribution is 0.397. The molecular weight excluding hydrogens is 318 g/mol. The quantitative estimate of drug-likeness (QED) is 0.636. The molecule has 3 N–H and O–H groups in total. The van der Waals surface area contributed by atoms with Crippen LogP contribution in [-0.2, 0) is 10.0 Å². The van der Waals surface area contributed by atoms with Gasteiger partial charge in [0.25, 0.3) is 10.0 Å². The van der Waals surface area contributed by atoms with Crippen molar-refractivity contribution in [3.63, 3.8) is 0 Å². The minimum absolute atomic E-state index is 0.0515. The van der Waals surface area contributed by atoms with Crippen molar-refractivity contribution in [3.05, 3.63) is 41.6 Å². The molecule has 0 radical (unpaired) electrons. The predicted octanol–water partition coefficient (Wildman–Crippen LogP) is 1.22. The van der Waals surface area contributed by atoms with Crippen molar-refractivity contribution in [1.29, 1.82) is 0 Å². The van der Waals surface area contributed by atoms with Crippen LogP contribution in [0.5, 0.6) is 5.88 Å². The van der Waals surface area contributed by atoms with Gasteiger partial charge in [-0.3, -0.25) is 5.32 Å². The van der Waals surface area contributed by atoms with Gasteiger partial charge in [-0.2, -0.15) is 13.4 Å². The van der Waals surface area contributed by atoms with Crippen molar-refractivity contribution in [1.82, 2.24) is 9.97 Å². The Labute approximate surface area is 134 Å². The molecule has 0 fully saturated rings. The smallest absolute Gasteiger partial charge is 0.285 e. The van der Waals surface area contributed by atoms with Gasteiger partial charge in [-0.05, 0) is 26.0 Å². The monoisotopic (exact) mass is 335 g/mol. The van der Waals surface area contributed by atoms with E-state index in [-0.39, 0.29) is 16.8 Å². The molecule has 1 heterocycles. The van der Waals surface area contributed by atoms with E-state index in [2.05, 4.69) is 19.7 Å². The summed E-state index contributed by atoms with van der Waals surface area (Å²) in [6, 6.07) is 7.92. The van der Waals surface area contributed by atoms with Crippen LogP contribution in [0.3, 0.4) is 0 Å². The average Bonchev–Trinajstić information content (AvgIpc) is 2.46. The highest BCUT2D eigenvalue weighted by atomic mass is 32.2. The highest BCUT2D eigenvalue weighted by molar-refractivity contribution is 7.90. The number of rotatable bonds is 4. The second-order valence-corrected chi connectivity index (χ2v) is 6.37.